The third kappa shape index (κ3) is 3.62. The summed E-state index contributed by atoms with van der Waals surface area (Å²) < 4.78 is 24.2. The highest BCUT2D eigenvalue weighted by Crippen LogP contribution is 2.28. The maximum absolute atomic E-state index is 13.6. The second kappa shape index (κ2) is 6.74. The Morgan fingerprint density at radius 3 is 2.71 bits per heavy atom. The molecule has 0 bridgehead atoms. The van der Waals surface area contributed by atoms with Gasteiger partial charge in [0.2, 0.25) is 0 Å². The summed E-state index contributed by atoms with van der Waals surface area (Å²) >= 11 is 10.9. The van der Waals surface area contributed by atoms with Gasteiger partial charge in [-0.05, 0) is 29.8 Å². The molecule has 2 aromatic carbocycles. The average Bonchev–Trinajstić information content (AvgIpc) is 2.46. The quantitative estimate of drug-likeness (QED) is 0.851. The molecule has 6 heteroatoms. The van der Waals surface area contributed by atoms with Crippen molar-refractivity contribution in [2.24, 2.45) is 5.73 Å². The smallest absolute Gasteiger partial charge is 0.174 e. The molecular weight excluding hydrogens is 313 g/mol. The predicted octanol–water partition coefficient (Wildman–Crippen LogP) is 3.70. The van der Waals surface area contributed by atoms with E-state index in [0.29, 0.717) is 11.3 Å². The molecule has 21 heavy (non-hydrogen) atoms. The van der Waals surface area contributed by atoms with Gasteiger partial charge in [-0.15, -0.1) is 0 Å². The van der Waals surface area contributed by atoms with Crippen LogP contribution in [0.5, 0.6) is 11.5 Å². The topological polar surface area (TPSA) is 44.5 Å². The van der Waals surface area contributed by atoms with E-state index >= 15 is 0 Å². The second-order valence-corrected chi connectivity index (χ2v) is 5.09. The second-order valence-electron chi connectivity index (χ2n) is 4.24. The number of hydrogen-bond acceptors (Lipinski definition) is 3. The molecule has 110 valence electrons. The summed E-state index contributed by atoms with van der Waals surface area (Å²) in [6, 6.07) is 9.63. The maximum atomic E-state index is 13.6. The first kappa shape index (κ1) is 15.5. The molecule has 2 N–H and O–H groups in total. The highest BCUT2D eigenvalue weighted by molar-refractivity contribution is 7.80. The Bertz CT molecular complexity index is 658. The molecular formula is C15H13ClFNO2S. The van der Waals surface area contributed by atoms with Crippen LogP contribution in [0.3, 0.4) is 0 Å². The van der Waals surface area contributed by atoms with Crippen LogP contribution in [0.4, 0.5) is 4.39 Å². The lowest BCUT2D eigenvalue weighted by molar-refractivity contribution is 0.290. The van der Waals surface area contributed by atoms with Crippen LogP contribution in [0.2, 0.25) is 5.02 Å². The van der Waals surface area contributed by atoms with E-state index in [9.17, 15) is 4.39 Å². The van der Waals surface area contributed by atoms with Crippen LogP contribution in [-0.2, 0) is 6.61 Å². The fourth-order valence-electron chi connectivity index (χ4n) is 1.81. The van der Waals surface area contributed by atoms with Gasteiger partial charge in [0.05, 0.1) is 17.7 Å². The predicted molar refractivity (Wildman–Crippen MR) is 84.6 cm³/mol. The lowest BCUT2D eigenvalue weighted by atomic mass is 10.1. The fourth-order valence-corrected chi connectivity index (χ4v) is 2.19. The zero-order valence-electron chi connectivity index (χ0n) is 11.2. The van der Waals surface area contributed by atoms with Gasteiger partial charge in [-0.1, -0.05) is 36.0 Å². The van der Waals surface area contributed by atoms with Crippen molar-refractivity contribution in [2.75, 3.05) is 7.11 Å². The lowest BCUT2D eigenvalue weighted by Crippen LogP contribution is -2.12. The molecule has 2 rings (SSSR count). The third-order valence-corrected chi connectivity index (χ3v) is 3.35. The minimum Gasteiger partial charge on any atom is -0.496 e. The maximum Gasteiger partial charge on any atom is 0.174 e. The van der Waals surface area contributed by atoms with Crippen molar-refractivity contribution < 1.29 is 13.9 Å². The van der Waals surface area contributed by atoms with Crippen LogP contribution < -0.4 is 15.2 Å². The summed E-state index contributed by atoms with van der Waals surface area (Å²) in [5, 5.41) is 0.220. The molecule has 0 fully saturated rings. The van der Waals surface area contributed by atoms with Gasteiger partial charge in [0, 0.05) is 0 Å². The molecule has 0 saturated carbocycles. The molecule has 0 atom stereocenters. The number of methoxy groups -OCH3 is 1. The number of nitrogens with two attached hydrogens (primary N) is 1. The van der Waals surface area contributed by atoms with Gasteiger partial charge in [0.25, 0.3) is 0 Å². The van der Waals surface area contributed by atoms with Gasteiger partial charge in [0.15, 0.2) is 11.6 Å². The van der Waals surface area contributed by atoms with Crippen molar-refractivity contribution in [2.45, 2.75) is 6.61 Å². The summed E-state index contributed by atoms with van der Waals surface area (Å²) in [7, 11) is 1.53. The van der Waals surface area contributed by atoms with E-state index in [-0.39, 0.29) is 22.4 Å². The van der Waals surface area contributed by atoms with E-state index in [1.807, 2.05) is 0 Å². The third-order valence-electron chi connectivity index (χ3n) is 2.83. The van der Waals surface area contributed by atoms with Crippen LogP contribution in [0.25, 0.3) is 0 Å². The standard InChI is InChI=1S/C15H13ClFNO2S/c1-19-13-6-5-9(7-10(13)15(18)21)8-20-14-11(16)3-2-4-12(14)17/h2-7H,8H2,1H3,(H2,18,21). The average molecular weight is 326 g/mol. The van der Waals surface area contributed by atoms with Gasteiger partial charge >= 0.3 is 0 Å². The Balaban J connectivity index is 2.21. The van der Waals surface area contributed by atoms with Gasteiger partial charge < -0.3 is 15.2 Å². The van der Waals surface area contributed by atoms with Crippen LogP contribution in [0.1, 0.15) is 11.1 Å². The highest BCUT2D eigenvalue weighted by Gasteiger charge is 2.10. The number of thiocarbonyl (C=S) groups is 1. The van der Waals surface area contributed by atoms with Gasteiger partial charge in [-0.2, -0.15) is 0 Å². The largest absolute Gasteiger partial charge is 0.496 e. The molecule has 0 aromatic heterocycles. The first-order chi connectivity index (χ1) is 10.0. The summed E-state index contributed by atoms with van der Waals surface area (Å²) in [5.41, 5.74) is 7.02. The van der Waals surface area contributed by atoms with E-state index in [2.05, 4.69) is 0 Å². The van der Waals surface area contributed by atoms with Crippen molar-refractivity contribution in [3.8, 4) is 11.5 Å². The molecule has 2 aromatic rings. The Morgan fingerprint density at radius 2 is 2.10 bits per heavy atom. The zero-order chi connectivity index (χ0) is 15.4. The molecule has 3 nitrogen and oxygen atoms in total. The normalized spacial score (nSPS) is 10.2. The monoisotopic (exact) mass is 325 g/mol. The first-order valence-corrected chi connectivity index (χ1v) is 6.85. The molecule has 0 saturated heterocycles. The van der Waals surface area contributed by atoms with E-state index in [0.717, 1.165) is 5.56 Å². The highest BCUT2D eigenvalue weighted by atomic mass is 35.5. The summed E-state index contributed by atoms with van der Waals surface area (Å²) in [6.07, 6.45) is 0. The minimum absolute atomic E-state index is 0.0202. The Kier molecular flexibility index (Phi) is 4.98. The zero-order valence-corrected chi connectivity index (χ0v) is 12.8. The first-order valence-electron chi connectivity index (χ1n) is 6.06. The van der Waals surface area contributed by atoms with E-state index < -0.39 is 5.82 Å². The summed E-state index contributed by atoms with van der Waals surface area (Å²) in [6.45, 7) is 0.139. The molecule has 0 aliphatic rings. The van der Waals surface area contributed by atoms with Crippen LogP contribution >= 0.6 is 23.8 Å². The van der Waals surface area contributed by atoms with Crippen LogP contribution in [0.15, 0.2) is 36.4 Å². The van der Waals surface area contributed by atoms with Crippen molar-refractivity contribution in [1.82, 2.24) is 0 Å². The molecule has 0 amide bonds. The van der Waals surface area contributed by atoms with Gasteiger partial charge in [-0.3, -0.25) is 0 Å². The molecule has 0 radical (unpaired) electrons. The number of ether oxygens (including phenoxy) is 2. The number of para-hydroxylation sites is 1. The molecule has 0 heterocycles. The van der Waals surface area contributed by atoms with Crippen molar-refractivity contribution in [3.05, 3.63) is 58.4 Å². The molecule has 0 aliphatic heterocycles. The Labute approximate surface area is 132 Å². The SMILES string of the molecule is COc1ccc(COc2c(F)cccc2Cl)cc1C(N)=S. The van der Waals surface area contributed by atoms with Crippen LogP contribution in [0, 0.1) is 5.82 Å². The van der Waals surface area contributed by atoms with E-state index in [1.165, 1.54) is 19.2 Å². The van der Waals surface area contributed by atoms with E-state index in [4.69, 9.17) is 39.0 Å². The molecule has 0 spiro atoms. The number of hydrogen-bond donors (Lipinski definition) is 1. The summed E-state index contributed by atoms with van der Waals surface area (Å²) in [5.74, 6) is 0.0904. The Morgan fingerprint density at radius 1 is 1.33 bits per heavy atom. The van der Waals surface area contributed by atoms with Gasteiger partial charge in [-0.25, -0.2) is 4.39 Å². The van der Waals surface area contributed by atoms with Crippen molar-refractivity contribution in [3.63, 3.8) is 0 Å². The lowest BCUT2D eigenvalue weighted by Gasteiger charge is -2.12. The van der Waals surface area contributed by atoms with Crippen molar-refractivity contribution >= 4 is 28.8 Å². The molecule has 0 aliphatic carbocycles. The Hall–Kier alpha value is -1.85. The summed E-state index contributed by atoms with van der Waals surface area (Å²) in [4.78, 5) is 0.220. The fraction of sp³-hybridized carbons (Fsp3) is 0.133. The van der Waals surface area contributed by atoms with Crippen LogP contribution in [-0.4, -0.2) is 12.1 Å². The number of rotatable bonds is 5. The number of benzene rings is 2. The van der Waals surface area contributed by atoms with E-state index in [1.54, 1.807) is 24.3 Å². The minimum atomic E-state index is -0.509. The molecule has 0 unspecified atom stereocenters. The van der Waals surface area contributed by atoms with Crippen molar-refractivity contribution in [1.29, 1.82) is 0 Å². The number of halogens is 2. The van der Waals surface area contributed by atoms with Gasteiger partial charge in [0.1, 0.15) is 17.3 Å².